The summed E-state index contributed by atoms with van der Waals surface area (Å²) in [7, 11) is 0. The third-order valence-electron chi connectivity index (χ3n) is 0.744. The monoisotopic (exact) mass is 152 g/mol. The number of carbonyl (C=O) groups is 1. The normalized spacial score (nSPS) is 36.5. The molecule has 0 aromatic rings. The maximum atomic E-state index is 10.3. The van der Waals surface area contributed by atoms with Crippen LogP contribution in [0.3, 0.4) is 0 Å². The molecule has 1 amide bonds. The van der Waals surface area contributed by atoms with Gasteiger partial charge in [0, 0.05) is 0 Å². The molecule has 1 aliphatic rings. The van der Waals surface area contributed by atoms with Crippen LogP contribution in [0.25, 0.3) is 0 Å². The third-order valence-corrected chi connectivity index (χ3v) is 1.64. The summed E-state index contributed by atoms with van der Waals surface area (Å²) < 4.78 is 0. The van der Waals surface area contributed by atoms with Gasteiger partial charge in [-0.25, -0.2) is 0 Å². The molecule has 8 heavy (non-hydrogen) atoms. The summed E-state index contributed by atoms with van der Waals surface area (Å²) in [5.41, 5.74) is -0.663. The van der Waals surface area contributed by atoms with E-state index in [4.69, 9.17) is 23.2 Å². The van der Waals surface area contributed by atoms with Crippen LogP contribution in [0.5, 0.6) is 0 Å². The average molecular weight is 153 g/mol. The molecule has 0 bridgehead atoms. The molecular formula is C3H2Cl2N2O. The van der Waals surface area contributed by atoms with E-state index >= 15 is 0 Å². The van der Waals surface area contributed by atoms with Crippen molar-refractivity contribution in [2.24, 2.45) is 10.2 Å². The zero-order valence-corrected chi connectivity index (χ0v) is 5.23. The SMILES string of the molecule is O=C1N=NC(Cl)C1Cl. The van der Waals surface area contributed by atoms with Crippen LogP contribution in [0.15, 0.2) is 10.2 Å². The number of rotatable bonds is 0. The minimum absolute atomic E-state index is 0.452. The van der Waals surface area contributed by atoms with Gasteiger partial charge in [-0.05, 0) is 0 Å². The van der Waals surface area contributed by atoms with Crippen molar-refractivity contribution >= 4 is 29.1 Å². The van der Waals surface area contributed by atoms with Crippen LogP contribution in [-0.2, 0) is 4.79 Å². The van der Waals surface area contributed by atoms with E-state index in [0.717, 1.165) is 0 Å². The van der Waals surface area contributed by atoms with Crippen LogP contribution in [0.4, 0.5) is 0 Å². The fourth-order valence-electron chi connectivity index (χ4n) is 0.343. The number of halogens is 2. The molecule has 2 unspecified atom stereocenters. The Morgan fingerprint density at radius 3 is 2.25 bits per heavy atom. The van der Waals surface area contributed by atoms with Gasteiger partial charge in [0.2, 0.25) is 0 Å². The zero-order valence-electron chi connectivity index (χ0n) is 3.71. The van der Waals surface area contributed by atoms with Gasteiger partial charge in [-0.2, -0.15) is 5.11 Å². The number of alkyl halides is 2. The lowest BCUT2D eigenvalue weighted by Gasteiger charge is -1.93. The van der Waals surface area contributed by atoms with Gasteiger partial charge in [0.15, 0.2) is 10.9 Å². The number of carbonyl (C=O) groups excluding carboxylic acids is 1. The molecule has 0 aliphatic carbocycles. The van der Waals surface area contributed by atoms with Crippen molar-refractivity contribution in [3.05, 3.63) is 0 Å². The van der Waals surface area contributed by atoms with Gasteiger partial charge in [-0.3, -0.25) is 4.79 Å². The van der Waals surface area contributed by atoms with E-state index in [2.05, 4.69) is 10.2 Å². The largest absolute Gasteiger partial charge is 0.285 e. The third kappa shape index (κ3) is 0.833. The maximum absolute atomic E-state index is 10.3. The Balaban J connectivity index is 2.69. The van der Waals surface area contributed by atoms with Crippen molar-refractivity contribution in [2.75, 3.05) is 0 Å². The first-order chi connectivity index (χ1) is 3.72. The average Bonchev–Trinajstić information content (AvgIpc) is 1.98. The predicted octanol–water partition coefficient (Wildman–Crippen LogP) is 1.15. The van der Waals surface area contributed by atoms with Crippen LogP contribution in [0.2, 0.25) is 0 Å². The van der Waals surface area contributed by atoms with E-state index in [1.54, 1.807) is 0 Å². The molecule has 0 aromatic heterocycles. The Morgan fingerprint density at radius 1 is 1.50 bits per heavy atom. The number of hydrogen-bond donors (Lipinski definition) is 0. The lowest BCUT2D eigenvalue weighted by molar-refractivity contribution is -0.116. The Bertz CT molecular complexity index is 146. The summed E-state index contributed by atoms with van der Waals surface area (Å²) in [4.78, 5) is 10.3. The zero-order chi connectivity index (χ0) is 6.15. The smallest absolute Gasteiger partial charge is 0.269 e. The van der Waals surface area contributed by atoms with Gasteiger partial charge in [-0.1, -0.05) is 11.6 Å². The molecular weight excluding hydrogens is 151 g/mol. The molecule has 0 N–H and O–H groups in total. The molecule has 0 aromatic carbocycles. The van der Waals surface area contributed by atoms with Gasteiger partial charge in [0.1, 0.15) is 0 Å². The minimum atomic E-state index is -0.753. The summed E-state index contributed by atoms with van der Waals surface area (Å²) >= 11 is 10.7. The van der Waals surface area contributed by atoms with Crippen molar-refractivity contribution < 1.29 is 4.79 Å². The van der Waals surface area contributed by atoms with E-state index in [9.17, 15) is 4.79 Å². The van der Waals surface area contributed by atoms with Gasteiger partial charge in [0.05, 0.1) is 0 Å². The predicted molar refractivity (Wildman–Crippen MR) is 29.1 cm³/mol. The highest BCUT2D eigenvalue weighted by atomic mass is 35.5. The molecule has 0 saturated carbocycles. The van der Waals surface area contributed by atoms with Gasteiger partial charge >= 0.3 is 0 Å². The highest BCUT2D eigenvalue weighted by Gasteiger charge is 2.29. The first kappa shape index (κ1) is 5.98. The minimum Gasteiger partial charge on any atom is -0.269 e. The Labute approximate surface area is 55.7 Å². The standard InChI is InChI=1S/C3H2Cl2N2O/c4-1-2(5)6-7-3(1)8/h1-2H. The molecule has 5 heteroatoms. The van der Waals surface area contributed by atoms with Crippen LogP contribution in [-0.4, -0.2) is 16.8 Å². The van der Waals surface area contributed by atoms with Crippen LogP contribution in [0.1, 0.15) is 0 Å². The lowest BCUT2D eigenvalue weighted by Crippen LogP contribution is -2.14. The second-order valence-corrected chi connectivity index (χ2v) is 2.25. The number of hydrogen-bond acceptors (Lipinski definition) is 2. The number of azo groups is 1. The highest BCUT2D eigenvalue weighted by Crippen LogP contribution is 2.19. The first-order valence-corrected chi connectivity index (χ1v) is 2.82. The van der Waals surface area contributed by atoms with E-state index in [0.29, 0.717) is 0 Å². The van der Waals surface area contributed by atoms with Crippen molar-refractivity contribution in [1.29, 1.82) is 0 Å². The van der Waals surface area contributed by atoms with Gasteiger partial charge in [0.25, 0.3) is 5.91 Å². The molecule has 3 nitrogen and oxygen atoms in total. The van der Waals surface area contributed by atoms with E-state index in [-0.39, 0.29) is 0 Å². The fraction of sp³-hybridized carbons (Fsp3) is 0.667. The summed E-state index contributed by atoms with van der Waals surface area (Å²) in [6, 6.07) is 0. The number of nitrogens with zero attached hydrogens (tertiary/aromatic N) is 2. The Morgan fingerprint density at radius 2 is 2.12 bits per heavy atom. The second-order valence-electron chi connectivity index (χ2n) is 1.33. The van der Waals surface area contributed by atoms with Gasteiger partial charge < -0.3 is 0 Å². The topological polar surface area (TPSA) is 41.8 Å². The van der Waals surface area contributed by atoms with Gasteiger partial charge in [-0.15, -0.1) is 16.7 Å². The van der Waals surface area contributed by atoms with E-state index in [1.807, 2.05) is 0 Å². The summed E-state index contributed by atoms with van der Waals surface area (Å²) in [6.45, 7) is 0. The van der Waals surface area contributed by atoms with Crippen molar-refractivity contribution in [2.45, 2.75) is 10.9 Å². The van der Waals surface area contributed by atoms with Crippen LogP contribution in [0, 0.1) is 0 Å². The summed E-state index contributed by atoms with van der Waals surface area (Å²) in [5, 5.41) is 5.67. The Hall–Kier alpha value is -0.150. The molecule has 0 fully saturated rings. The quantitative estimate of drug-likeness (QED) is 0.380. The van der Waals surface area contributed by atoms with Crippen LogP contribution >= 0.6 is 23.2 Å². The highest BCUT2D eigenvalue weighted by molar-refractivity contribution is 6.38. The van der Waals surface area contributed by atoms with Crippen molar-refractivity contribution in [3.63, 3.8) is 0 Å². The molecule has 1 aliphatic heterocycles. The van der Waals surface area contributed by atoms with Crippen LogP contribution < -0.4 is 0 Å². The van der Waals surface area contributed by atoms with Crippen molar-refractivity contribution in [1.82, 2.24) is 0 Å². The lowest BCUT2D eigenvalue weighted by atomic mass is 10.4. The fourth-order valence-corrected chi connectivity index (χ4v) is 0.589. The summed E-state index contributed by atoms with van der Waals surface area (Å²) in [6.07, 6.45) is 0. The molecule has 1 rings (SSSR count). The molecule has 0 saturated heterocycles. The maximum Gasteiger partial charge on any atom is 0.285 e. The molecule has 1 heterocycles. The molecule has 0 radical (unpaired) electrons. The molecule has 0 spiro atoms. The second kappa shape index (κ2) is 1.99. The molecule has 44 valence electrons. The number of amides is 1. The Kier molecular flexibility index (Phi) is 1.49. The first-order valence-electron chi connectivity index (χ1n) is 1.94. The van der Waals surface area contributed by atoms with E-state index in [1.165, 1.54) is 0 Å². The van der Waals surface area contributed by atoms with E-state index < -0.39 is 16.8 Å². The molecule has 2 atom stereocenters. The summed E-state index contributed by atoms with van der Waals surface area (Å²) in [5.74, 6) is -0.452. The van der Waals surface area contributed by atoms with Crippen molar-refractivity contribution in [3.8, 4) is 0 Å².